The van der Waals surface area contributed by atoms with E-state index in [2.05, 4.69) is 25.7 Å². The van der Waals surface area contributed by atoms with Gasteiger partial charge in [0, 0.05) is 38.2 Å². The van der Waals surface area contributed by atoms with Crippen LogP contribution in [0.25, 0.3) is 0 Å². The zero-order chi connectivity index (χ0) is 29.7. The number of nitrogens with zero attached hydrogens (tertiary/aromatic N) is 7. The van der Waals surface area contributed by atoms with Crippen molar-refractivity contribution in [2.24, 2.45) is 0 Å². The van der Waals surface area contributed by atoms with Crippen molar-refractivity contribution < 1.29 is 40.7 Å². The summed E-state index contributed by atoms with van der Waals surface area (Å²) in [7, 11) is 0. The lowest BCUT2D eigenvalue weighted by molar-refractivity contribution is -0.274. The number of hydrogen-bond donors (Lipinski definition) is 2. The number of carbonyl (C=O) groups excluding carboxylic acids is 2. The Bertz CT molecular complexity index is 1420. The van der Waals surface area contributed by atoms with E-state index in [9.17, 15) is 41.2 Å². The molecule has 220 valence electrons. The molecule has 2 N–H and O–H groups in total. The Labute approximate surface area is 228 Å². The summed E-state index contributed by atoms with van der Waals surface area (Å²) in [5, 5.41) is 21.5. The summed E-state index contributed by atoms with van der Waals surface area (Å²) in [6, 6.07) is 2.37. The third-order valence-electron chi connectivity index (χ3n) is 5.92. The van der Waals surface area contributed by atoms with Crippen LogP contribution in [0.2, 0.25) is 0 Å². The van der Waals surface area contributed by atoms with Crippen LogP contribution in [-0.4, -0.2) is 79.4 Å². The van der Waals surface area contributed by atoms with E-state index in [-0.39, 0.29) is 56.2 Å². The maximum Gasteiger partial charge on any atom is 0.573 e. The predicted octanol–water partition coefficient (Wildman–Crippen LogP) is 2.20. The normalized spacial score (nSPS) is 14.8. The highest BCUT2D eigenvalue weighted by molar-refractivity contribution is 5.92. The van der Waals surface area contributed by atoms with Gasteiger partial charge in [-0.1, -0.05) is 5.21 Å². The van der Waals surface area contributed by atoms with Gasteiger partial charge in [-0.05, 0) is 18.2 Å². The van der Waals surface area contributed by atoms with E-state index in [4.69, 9.17) is 0 Å². The largest absolute Gasteiger partial charge is 0.573 e. The molecule has 1 atom stereocenters. The molecular formula is C23H23F6N9O3. The smallest absolute Gasteiger partial charge is 0.406 e. The van der Waals surface area contributed by atoms with Gasteiger partial charge in [0.25, 0.3) is 5.91 Å². The first-order valence-corrected chi connectivity index (χ1v) is 12.1. The van der Waals surface area contributed by atoms with Gasteiger partial charge in [-0.2, -0.15) is 9.94 Å². The molecule has 2 aromatic heterocycles. The standard InChI is InChI=1S/C23H23F6N9O3/c24-15(9-37-11-20(38(37)13-30)32-21(39)12-35-7-16(25)8-35)3-4-36-10-19(33-34-36)22(40)31-6-14-5-17(1-2-18(14)26)41-23(27,28)29/h1-2,5,10-11,15-16H,3-4,6-9,12H2,(H,31,40)(H,32,39). The number of rotatable bonds is 12. The van der Waals surface area contributed by atoms with Gasteiger partial charge in [-0.3, -0.25) is 23.9 Å². The number of aromatic nitrogens is 5. The van der Waals surface area contributed by atoms with Crippen LogP contribution in [0.3, 0.4) is 0 Å². The van der Waals surface area contributed by atoms with Gasteiger partial charge in [0.2, 0.25) is 12.1 Å². The van der Waals surface area contributed by atoms with Crippen molar-refractivity contribution in [1.82, 2.24) is 34.6 Å². The van der Waals surface area contributed by atoms with Crippen molar-refractivity contribution in [3.63, 3.8) is 0 Å². The van der Waals surface area contributed by atoms with Crippen molar-refractivity contribution in [3.05, 3.63) is 47.7 Å². The minimum Gasteiger partial charge on any atom is -0.406 e. The molecule has 12 nitrogen and oxygen atoms in total. The summed E-state index contributed by atoms with van der Waals surface area (Å²) in [5.74, 6) is -2.57. The van der Waals surface area contributed by atoms with Crippen molar-refractivity contribution in [2.45, 2.75) is 44.8 Å². The van der Waals surface area contributed by atoms with E-state index in [1.165, 1.54) is 21.8 Å². The zero-order valence-electron chi connectivity index (χ0n) is 21.1. The van der Waals surface area contributed by atoms with Crippen molar-refractivity contribution in [3.8, 4) is 11.9 Å². The molecule has 1 saturated heterocycles. The monoisotopic (exact) mass is 587 g/mol. The lowest BCUT2D eigenvalue weighted by atomic mass is 10.2. The van der Waals surface area contributed by atoms with Gasteiger partial charge in [-0.25, -0.2) is 13.2 Å². The molecule has 0 radical (unpaired) electrons. The first-order valence-electron chi connectivity index (χ1n) is 12.1. The summed E-state index contributed by atoms with van der Waals surface area (Å²) in [6.45, 7) is -0.362. The fourth-order valence-electron chi connectivity index (χ4n) is 3.92. The number of anilines is 1. The number of carbonyl (C=O) groups is 2. The Morgan fingerprint density at radius 2 is 2.00 bits per heavy atom. The average Bonchev–Trinajstić information content (AvgIpc) is 3.34. The lowest BCUT2D eigenvalue weighted by Gasteiger charge is -2.33. The molecular weight excluding hydrogens is 564 g/mol. The van der Waals surface area contributed by atoms with Crippen LogP contribution in [0.5, 0.6) is 5.75 Å². The number of alkyl halides is 5. The van der Waals surface area contributed by atoms with Crippen molar-refractivity contribution >= 4 is 17.6 Å². The maximum absolute atomic E-state index is 14.6. The second-order valence-electron chi connectivity index (χ2n) is 9.12. The summed E-state index contributed by atoms with van der Waals surface area (Å²) in [5.41, 5.74) is -0.446. The van der Waals surface area contributed by atoms with Crippen LogP contribution >= 0.6 is 0 Å². The van der Waals surface area contributed by atoms with Gasteiger partial charge >= 0.3 is 6.36 Å². The molecule has 18 heteroatoms. The number of nitrogens with one attached hydrogen (secondary N) is 2. The Kier molecular flexibility index (Phi) is 8.86. The van der Waals surface area contributed by atoms with E-state index in [1.54, 1.807) is 4.90 Å². The fraction of sp³-hybridized carbons (Fsp3) is 0.435. The third-order valence-corrected chi connectivity index (χ3v) is 5.92. The Hall–Kier alpha value is -4.53. The van der Waals surface area contributed by atoms with Crippen LogP contribution in [-0.2, 0) is 24.4 Å². The van der Waals surface area contributed by atoms with Crippen LogP contribution < -0.4 is 15.4 Å². The molecule has 0 bridgehead atoms. The molecule has 2 amide bonds. The van der Waals surface area contributed by atoms with Gasteiger partial charge in [-0.15, -0.1) is 18.3 Å². The van der Waals surface area contributed by atoms with E-state index in [1.807, 2.05) is 6.19 Å². The van der Waals surface area contributed by atoms with Crippen molar-refractivity contribution in [2.75, 3.05) is 25.0 Å². The Morgan fingerprint density at radius 1 is 1.24 bits per heavy atom. The van der Waals surface area contributed by atoms with Crippen LogP contribution in [0.15, 0.2) is 30.6 Å². The van der Waals surface area contributed by atoms with E-state index in [0.717, 1.165) is 22.9 Å². The summed E-state index contributed by atoms with van der Waals surface area (Å²) in [4.78, 5) is 25.9. The highest BCUT2D eigenvalue weighted by atomic mass is 19.4. The number of benzene rings is 1. The highest BCUT2D eigenvalue weighted by Crippen LogP contribution is 2.24. The van der Waals surface area contributed by atoms with E-state index < -0.39 is 48.6 Å². The number of nitriles is 1. The molecule has 0 aliphatic carbocycles. The van der Waals surface area contributed by atoms with Gasteiger partial charge in [0.05, 0.1) is 25.5 Å². The molecule has 0 saturated carbocycles. The topological polar surface area (TPSA) is 135 Å². The number of hydrogen-bond acceptors (Lipinski definition) is 7. The third kappa shape index (κ3) is 8.00. The minimum absolute atomic E-state index is 0.00595. The quantitative estimate of drug-likeness (QED) is 0.310. The molecule has 1 aromatic carbocycles. The zero-order valence-corrected chi connectivity index (χ0v) is 21.1. The molecule has 3 aromatic rings. The molecule has 1 unspecified atom stereocenters. The van der Waals surface area contributed by atoms with Gasteiger partial charge in [0.1, 0.15) is 23.9 Å². The Balaban J connectivity index is 1.22. The molecule has 0 spiro atoms. The molecule has 1 fully saturated rings. The van der Waals surface area contributed by atoms with E-state index >= 15 is 0 Å². The molecule has 4 rings (SSSR count). The number of ether oxygens (including phenoxy) is 1. The highest BCUT2D eigenvalue weighted by Gasteiger charge is 2.31. The van der Waals surface area contributed by atoms with Crippen LogP contribution in [0.4, 0.5) is 32.2 Å². The Morgan fingerprint density at radius 3 is 2.68 bits per heavy atom. The number of amides is 2. The van der Waals surface area contributed by atoms with Crippen LogP contribution in [0, 0.1) is 17.3 Å². The molecule has 1 aliphatic rings. The minimum atomic E-state index is -4.96. The van der Waals surface area contributed by atoms with E-state index in [0.29, 0.717) is 0 Å². The van der Waals surface area contributed by atoms with Crippen LogP contribution in [0.1, 0.15) is 22.5 Å². The first kappa shape index (κ1) is 29.5. The number of aryl methyl sites for hydroxylation is 1. The average molecular weight is 587 g/mol. The summed E-state index contributed by atoms with van der Waals surface area (Å²) in [6.07, 6.45) is -3.03. The number of likely N-dealkylation sites (tertiary alicyclic amines) is 1. The molecule has 1 aliphatic heterocycles. The van der Waals surface area contributed by atoms with Gasteiger partial charge < -0.3 is 15.4 Å². The predicted molar refractivity (Wildman–Crippen MR) is 127 cm³/mol. The number of halogens is 6. The SMILES string of the molecule is N#Cn1c(NC(=O)CN2CC(F)C2)cn1CC(F)CCn1cc(C(=O)NCc2cc(OC(F)(F)F)ccc2F)nn1. The lowest BCUT2D eigenvalue weighted by Crippen LogP contribution is -2.51. The maximum atomic E-state index is 14.6. The van der Waals surface area contributed by atoms with Gasteiger partial charge in [0.15, 0.2) is 11.5 Å². The molecule has 41 heavy (non-hydrogen) atoms. The molecule has 3 heterocycles. The second kappa shape index (κ2) is 12.3. The fourth-order valence-corrected chi connectivity index (χ4v) is 3.92. The van der Waals surface area contributed by atoms with Crippen molar-refractivity contribution in [1.29, 1.82) is 5.26 Å². The summed E-state index contributed by atoms with van der Waals surface area (Å²) < 4.78 is 85.7. The second-order valence-corrected chi connectivity index (χ2v) is 9.12. The first-order chi connectivity index (χ1) is 19.4. The summed E-state index contributed by atoms with van der Waals surface area (Å²) >= 11 is 0.